The second kappa shape index (κ2) is 6.41. The molecule has 3 rings (SSSR count). The molecule has 0 N–H and O–H groups in total. The lowest BCUT2D eigenvalue weighted by Gasteiger charge is -2.42. The van der Waals surface area contributed by atoms with Crippen molar-refractivity contribution in [3.8, 4) is 5.75 Å². The number of benzene rings is 1. The van der Waals surface area contributed by atoms with Crippen molar-refractivity contribution in [3.05, 3.63) is 29.8 Å². The Kier molecular flexibility index (Phi) is 4.55. The summed E-state index contributed by atoms with van der Waals surface area (Å²) in [6.07, 6.45) is 3.91. The number of ether oxygens (including phenoxy) is 2. The Morgan fingerprint density at radius 3 is 2.67 bits per heavy atom. The van der Waals surface area contributed by atoms with Gasteiger partial charge in [0.05, 0.1) is 12.7 Å². The van der Waals surface area contributed by atoms with Crippen LogP contribution in [0, 0.1) is 5.92 Å². The number of rotatable bonds is 3. The summed E-state index contributed by atoms with van der Waals surface area (Å²) in [7, 11) is 1.64. The molecule has 0 saturated carbocycles. The van der Waals surface area contributed by atoms with Crippen LogP contribution in [0.4, 0.5) is 0 Å². The molecule has 1 aromatic rings. The molecule has 2 heterocycles. The standard InChI is InChI=1S/C17H22O3S/c1-19-15-4-2-13(3-5-15)16(18)14-6-9-20-17(12-14)7-10-21-11-8-17/h2-5,14H,6-12H2,1H3. The molecule has 0 aliphatic carbocycles. The van der Waals surface area contributed by atoms with Crippen molar-refractivity contribution in [3.63, 3.8) is 0 Å². The normalized spacial score (nSPS) is 24.7. The number of hydrogen-bond acceptors (Lipinski definition) is 4. The average molecular weight is 306 g/mol. The molecule has 21 heavy (non-hydrogen) atoms. The van der Waals surface area contributed by atoms with E-state index < -0.39 is 0 Å². The molecule has 114 valence electrons. The molecule has 0 aromatic heterocycles. The maximum absolute atomic E-state index is 12.7. The zero-order valence-corrected chi connectivity index (χ0v) is 13.3. The van der Waals surface area contributed by atoms with Crippen molar-refractivity contribution in [1.29, 1.82) is 0 Å². The van der Waals surface area contributed by atoms with Crippen molar-refractivity contribution in [2.45, 2.75) is 31.3 Å². The molecule has 3 nitrogen and oxygen atoms in total. The third kappa shape index (κ3) is 3.27. The van der Waals surface area contributed by atoms with Gasteiger partial charge >= 0.3 is 0 Å². The van der Waals surface area contributed by atoms with Crippen LogP contribution >= 0.6 is 11.8 Å². The third-order valence-corrected chi connectivity index (χ3v) is 5.63. The van der Waals surface area contributed by atoms with Gasteiger partial charge in [0, 0.05) is 18.1 Å². The molecule has 0 radical (unpaired) electrons. The first-order chi connectivity index (χ1) is 10.2. The van der Waals surface area contributed by atoms with Crippen LogP contribution in [0.3, 0.4) is 0 Å². The quantitative estimate of drug-likeness (QED) is 0.800. The predicted octanol–water partition coefficient (Wildman–Crippen LogP) is 3.57. The van der Waals surface area contributed by atoms with E-state index in [0.717, 1.165) is 55.1 Å². The summed E-state index contributed by atoms with van der Waals surface area (Å²) in [5, 5.41) is 0. The molecule has 1 atom stereocenters. The van der Waals surface area contributed by atoms with Gasteiger partial charge in [0.25, 0.3) is 0 Å². The minimum absolute atomic E-state index is 0.0315. The monoisotopic (exact) mass is 306 g/mol. The lowest BCUT2D eigenvalue weighted by molar-refractivity contribution is -0.0959. The van der Waals surface area contributed by atoms with Crippen LogP contribution in [0.25, 0.3) is 0 Å². The molecule has 1 spiro atoms. The van der Waals surface area contributed by atoms with Gasteiger partial charge in [0.2, 0.25) is 0 Å². The molecule has 2 aliphatic rings. The molecule has 2 saturated heterocycles. The fourth-order valence-corrected chi connectivity index (χ4v) is 4.57. The summed E-state index contributed by atoms with van der Waals surface area (Å²) in [5.41, 5.74) is 0.763. The maximum atomic E-state index is 12.7. The number of methoxy groups -OCH3 is 1. The molecule has 1 unspecified atom stereocenters. The summed E-state index contributed by atoms with van der Waals surface area (Å²) in [5.74, 6) is 3.47. The van der Waals surface area contributed by atoms with E-state index in [1.165, 1.54) is 0 Å². The van der Waals surface area contributed by atoms with Crippen LogP contribution in [-0.2, 0) is 4.74 Å². The van der Waals surface area contributed by atoms with Crippen LogP contribution in [0.15, 0.2) is 24.3 Å². The van der Waals surface area contributed by atoms with Crippen molar-refractivity contribution >= 4 is 17.5 Å². The minimum Gasteiger partial charge on any atom is -0.497 e. The Bertz CT molecular complexity index is 486. The van der Waals surface area contributed by atoms with E-state index in [4.69, 9.17) is 9.47 Å². The molecule has 0 bridgehead atoms. The molecular weight excluding hydrogens is 284 g/mol. The van der Waals surface area contributed by atoms with Crippen LogP contribution in [-0.4, -0.2) is 36.6 Å². The van der Waals surface area contributed by atoms with E-state index in [2.05, 4.69) is 0 Å². The highest BCUT2D eigenvalue weighted by molar-refractivity contribution is 7.99. The van der Waals surface area contributed by atoms with Crippen molar-refractivity contribution in [2.75, 3.05) is 25.2 Å². The van der Waals surface area contributed by atoms with Gasteiger partial charge < -0.3 is 9.47 Å². The zero-order chi connectivity index (χ0) is 14.7. The second-order valence-corrected chi connectivity index (χ2v) is 7.15. The Hall–Kier alpha value is -1.00. The van der Waals surface area contributed by atoms with Crippen molar-refractivity contribution < 1.29 is 14.3 Å². The highest BCUT2D eigenvalue weighted by Crippen LogP contribution is 2.40. The largest absolute Gasteiger partial charge is 0.497 e. The highest BCUT2D eigenvalue weighted by Gasteiger charge is 2.40. The Morgan fingerprint density at radius 2 is 2.00 bits per heavy atom. The van der Waals surface area contributed by atoms with Crippen LogP contribution in [0.2, 0.25) is 0 Å². The van der Waals surface area contributed by atoms with E-state index in [1.807, 2.05) is 36.0 Å². The summed E-state index contributed by atoms with van der Waals surface area (Å²) >= 11 is 1.99. The predicted molar refractivity (Wildman–Crippen MR) is 85.3 cm³/mol. The molecule has 1 aromatic carbocycles. The fraction of sp³-hybridized carbons (Fsp3) is 0.588. The number of carbonyl (C=O) groups is 1. The van der Waals surface area contributed by atoms with Crippen LogP contribution in [0.5, 0.6) is 5.75 Å². The minimum atomic E-state index is -0.0315. The lowest BCUT2D eigenvalue weighted by atomic mass is 9.79. The molecule has 2 aliphatic heterocycles. The van der Waals surface area contributed by atoms with Gasteiger partial charge in [-0.15, -0.1) is 0 Å². The van der Waals surface area contributed by atoms with Gasteiger partial charge in [-0.2, -0.15) is 11.8 Å². The molecule has 2 fully saturated rings. The van der Waals surface area contributed by atoms with Gasteiger partial charge in [-0.1, -0.05) is 0 Å². The fourth-order valence-electron chi connectivity index (χ4n) is 3.33. The highest BCUT2D eigenvalue weighted by atomic mass is 32.2. The number of carbonyl (C=O) groups excluding carboxylic acids is 1. The number of Topliss-reactive ketones (excluding diaryl/α,β-unsaturated/α-hetero) is 1. The first kappa shape index (κ1) is 14.9. The van der Waals surface area contributed by atoms with E-state index in [9.17, 15) is 4.79 Å². The van der Waals surface area contributed by atoms with Gasteiger partial charge in [0.1, 0.15) is 5.75 Å². The van der Waals surface area contributed by atoms with Crippen LogP contribution in [0.1, 0.15) is 36.0 Å². The summed E-state index contributed by atoms with van der Waals surface area (Å²) < 4.78 is 11.2. The SMILES string of the molecule is COc1ccc(C(=O)C2CCOC3(CCSCC3)C2)cc1. The first-order valence-corrected chi connectivity index (χ1v) is 8.78. The number of ketones is 1. The number of thioether (sulfide) groups is 1. The van der Waals surface area contributed by atoms with Crippen molar-refractivity contribution in [2.24, 2.45) is 5.92 Å². The second-order valence-electron chi connectivity index (χ2n) is 5.93. The maximum Gasteiger partial charge on any atom is 0.166 e. The topological polar surface area (TPSA) is 35.5 Å². The number of hydrogen-bond donors (Lipinski definition) is 0. The van der Waals surface area contributed by atoms with Gasteiger partial charge in [-0.3, -0.25) is 4.79 Å². The van der Waals surface area contributed by atoms with E-state index in [-0.39, 0.29) is 17.3 Å². The Labute approximate surface area is 130 Å². The first-order valence-electron chi connectivity index (χ1n) is 7.62. The third-order valence-electron chi connectivity index (χ3n) is 4.64. The lowest BCUT2D eigenvalue weighted by Crippen LogP contribution is -2.44. The van der Waals surface area contributed by atoms with E-state index >= 15 is 0 Å². The van der Waals surface area contributed by atoms with Gasteiger partial charge in [-0.25, -0.2) is 0 Å². The van der Waals surface area contributed by atoms with E-state index in [0.29, 0.717) is 0 Å². The smallest absolute Gasteiger partial charge is 0.166 e. The average Bonchev–Trinajstić information content (AvgIpc) is 2.55. The van der Waals surface area contributed by atoms with Crippen molar-refractivity contribution in [1.82, 2.24) is 0 Å². The van der Waals surface area contributed by atoms with Gasteiger partial charge in [0.15, 0.2) is 5.78 Å². The zero-order valence-electron chi connectivity index (χ0n) is 12.5. The van der Waals surface area contributed by atoms with Gasteiger partial charge in [-0.05, 0) is 61.5 Å². The Balaban J connectivity index is 1.71. The summed E-state index contributed by atoms with van der Waals surface area (Å²) in [6.45, 7) is 0.719. The van der Waals surface area contributed by atoms with E-state index in [1.54, 1.807) is 7.11 Å². The Morgan fingerprint density at radius 1 is 1.29 bits per heavy atom. The summed E-state index contributed by atoms with van der Waals surface area (Å²) in [4.78, 5) is 12.7. The molecule has 0 amide bonds. The molecule has 4 heteroatoms. The molecular formula is C17H22O3S. The van der Waals surface area contributed by atoms with Crippen LogP contribution < -0.4 is 4.74 Å². The summed E-state index contributed by atoms with van der Waals surface area (Å²) in [6, 6.07) is 7.47.